The molecule has 1 aliphatic carbocycles. The van der Waals surface area contributed by atoms with Gasteiger partial charge >= 0.3 is 0 Å². The van der Waals surface area contributed by atoms with E-state index in [4.69, 9.17) is 14.2 Å². The fourth-order valence-corrected chi connectivity index (χ4v) is 3.39. The van der Waals surface area contributed by atoms with E-state index in [9.17, 15) is 4.79 Å². The smallest absolute Gasteiger partial charge is 0.257 e. The van der Waals surface area contributed by atoms with Crippen molar-refractivity contribution in [3.05, 3.63) is 23.9 Å². The lowest BCUT2D eigenvalue weighted by molar-refractivity contribution is -0.0809. The van der Waals surface area contributed by atoms with Gasteiger partial charge in [-0.05, 0) is 18.6 Å². The van der Waals surface area contributed by atoms with Crippen LogP contribution in [0.15, 0.2) is 18.3 Å². The van der Waals surface area contributed by atoms with Gasteiger partial charge in [0.1, 0.15) is 5.56 Å². The van der Waals surface area contributed by atoms with Crippen LogP contribution in [0.5, 0.6) is 5.88 Å². The topological polar surface area (TPSA) is 69.7 Å². The van der Waals surface area contributed by atoms with Crippen molar-refractivity contribution in [3.8, 4) is 5.88 Å². The number of methoxy groups -OCH3 is 2. The summed E-state index contributed by atoms with van der Waals surface area (Å²) in [5, 5.41) is 3.09. The third-order valence-corrected chi connectivity index (χ3v) is 4.39. The van der Waals surface area contributed by atoms with Gasteiger partial charge in [0.25, 0.3) is 5.91 Å². The van der Waals surface area contributed by atoms with E-state index in [1.54, 1.807) is 25.4 Å². The number of pyridine rings is 1. The molecule has 1 saturated heterocycles. The number of fused-ring (bicyclic) bond motifs is 1. The lowest BCUT2D eigenvalue weighted by Crippen LogP contribution is -2.62. The molecule has 0 aromatic carbocycles. The van der Waals surface area contributed by atoms with E-state index in [1.165, 1.54) is 7.11 Å². The van der Waals surface area contributed by atoms with Gasteiger partial charge in [-0.1, -0.05) is 0 Å². The van der Waals surface area contributed by atoms with Crippen molar-refractivity contribution in [3.63, 3.8) is 0 Å². The zero-order valence-electron chi connectivity index (χ0n) is 12.2. The minimum Gasteiger partial charge on any atom is -0.480 e. The van der Waals surface area contributed by atoms with Gasteiger partial charge in [0.15, 0.2) is 0 Å². The zero-order valence-corrected chi connectivity index (χ0v) is 12.2. The molecule has 1 saturated carbocycles. The maximum atomic E-state index is 12.5. The first kappa shape index (κ1) is 14.3. The Kier molecular flexibility index (Phi) is 4.07. The fraction of sp³-hybridized carbons (Fsp3) is 0.600. The van der Waals surface area contributed by atoms with Crippen molar-refractivity contribution in [1.82, 2.24) is 10.3 Å². The number of nitrogens with one attached hydrogen (secondary N) is 1. The van der Waals surface area contributed by atoms with E-state index in [1.807, 2.05) is 0 Å². The Morgan fingerprint density at radius 3 is 3.14 bits per heavy atom. The summed E-state index contributed by atoms with van der Waals surface area (Å²) < 4.78 is 16.1. The molecular weight excluding hydrogens is 272 g/mol. The predicted molar refractivity (Wildman–Crippen MR) is 75.3 cm³/mol. The summed E-state index contributed by atoms with van der Waals surface area (Å²) in [6, 6.07) is 3.54. The van der Waals surface area contributed by atoms with Crippen LogP contribution in [0.2, 0.25) is 0 Å². The molecule has 0 spiro atoms. The molecule has 6 heteroatoms. The lowest BCUT2D eigenvalue weighted by atomic mass is 9.67. The van der Waals surface area contributed by atoms with Crippen LogP contribution in [0.25, 0.3) is 0 Å². The zero-order chi connectivity index (χ0) is 14.8. The summed E-state index contributed by atoms with van der Waals surface area (Å²) in [6.45, 7) is 1.36. The van der Waals surface area contributed by atoms with Gasteiger partial charge in [0, 0.05) is 37.8 Å². The molecule has 0 radical (unpaired) electrons. The molecule has 0 unspecified atom stereocenters. The summed E-state index contributed by atoms with van der Waals surface area (Å²) in [6.07, 6.45) is 2.80. The standard InChI is InChI=1S/C15H20N2O4/c1-19-8-11-12(9-5-7-21-13(9)11)17-14(18)10-4-3-6-16-15(10)20-2/h3-4,6,9,11-13H,5,7-8H2,1-2H3,(H,17,18)/t9-,11+,12+,13-/m1/s1. The average Bonchev–Trinajstić information content (AvgIpc) is 2.94. The first-order chi connectivity index (χ1) is 10.3. The van der Waals surface area contributed by atoms with Crippen LogP contribution in [0.4, 0.5) is 0 Å². The number of nitrogens with zero attached hydrogens (tertiary/aromatic N) is 1. The van der Waals surface area contributed by atoms with Crippen molar-refractivity contribution in [2.45, 2.75) is 18.6 Å². The summed E-state index contributed by atoms with van der Waals surface area (Å²) in [7, 11) is 3.18. The summed E-state index contributed by atoms with van der Waals surface area (Å²) in [4.78, 5) is 16.5. The molecule has 4 atom stereocenters. The Hall–Kier alpha value is -1.66. The molecular formula is C15H20N2O4. The molecule has 1 aliphatic heterocycles. The van der Waals surface area contributed by atoms with E-state index < -0.39 is 0 Å². The normalized spacial score (nSPS) is 30.4. The SMILES string of the molecule is COC[C@H]1[C@@H](NC(=O)c2cccnc2OC)[C@H]2CCO[C@H]21. The molecule has 0 bridgehead atoms. The Balaban J connectivity index is 1.72. The Morgan fingerprint density at radius 1 is 1.52 bits per heavy atom. The molecule has 2 heterocycles. The number of amides is 1. The first-order valence-corrected chi connectivity index (χ1v) is 7.16. The molecule has 1 aromatic rings. The monoisotopic (exact) mass is 292 g/mol. The van der Waals surface area contributed by atoms with Gasteiger partial charge in [-0.25, -0.2) is 4.98 Å². The van der Waals surface area contributed by atoms with Crippen LogP contribution in [0.3, 0.4) is 0 Å². The van der Waals surface area contributed by atoms with Crippen LogP contribution >= 0.6 is 0 Å². The molecule has 21 heavy (non-hydrogen) atoms. The van der Waals surface area contributed by atoms with E-state index in [0.29, 0.717) is 24.0 Å². The number of rotatable bonds is 5. The summed E-state index contributed by atoms with van der Waals surface area (Å²) in [5.74, 6) is 0.791. The highest BCUT2D eigenvalue weighted by molar-refractivity contribution is 5.96. The molecule has 2 fully saturated rings. The molecule has 6 nitrogen and oxygen atoms in total. The second kappa shape index (κ2) is 5.99. The van der Waals surface area contributed by atoms with Crippen LogP contribution in [0.1, 0.15) is 16.8 Å². The van der Waals surface area contributed by atoms with Gasteiger partial charge < -0.3 is 19.5 Å². The van der Waals surface area contributed by atoms with Crippen molar-refractivity contribution >= 4 is 5.91 Å². The number of ether oxygens (including phenoxy) is 3. The maximum Gasteiger partial charge on any atom is 0.257 e. The average molecular weight is 292 g/mol. The van der Waals surface area contributed by atoms with Crippen LogP contribution in [0, 0.1) is 11.8 Å². The van der Waals surface area contributed by atoms with Crippen molar-refractivity contribution in [2.75, 3.05) is 27.4 Å². The second-order valence-corrected chi connectivity index (χ2v) is 5.47. The van der Waals surface area contributed by atoms with Crippen molar-refractivity contribution < 1.29 is 19.0 Å². The van der Waals surface area contributed by atoms with Crippen LogP contribution in [-0.2, 0) is 9.47 Å². The molecule has 1 aromatic heterocycles. The third-order valence-electron chi connectivity index (χ3n) is 4.39. The minimum atomic E-state index is -0.156. The number of carbonyl (C=O) groups excluding carboxylic acids is 1. The van der Waals surface area contributed by atoms with Gasteiger partial charge in [-0.2, -0.15) is 0 Å². The number of hydrogen-bond donors (Lipinski definition) is 1. The number of carbonyl (C=O) groups is 1. The van der Waals surface area contributed by atoms with Gasteiger partial charge in [0.2, 0.25) is 5.88 Å². The van der Waals surface area contributed by atoms with E-state index in [-0.39, 0.29) is 24.0 Å². The van der Waals surface area contributed by atoms with Gasteiger partial charge in [0.05, 0.1) is 19.8 Å². The predicted octanol–water partition coefficient (Wildman–Crippen LogP) is 0.870. The van der Waals surface area contributed by atoms with Crippen molar-refractivity contribution in [1.29, 1.82) is 0 Å². The molecule has 114 valence electrons. The highest BCUT2D eigenvalue weighted by Crippen LogP contribution is 2.43. The highest BCUT2D eigenvalue weighted by Gasteiger charge is 2.54. The van der Waals surface area contributed by atoms with E-state index in [0.717, 1.165) is 13.0 Å². The van der Waals surface area contributed by atoms with Gasteiger partial charge in [-0.15, -0.1) is 0 Å². The highest BCUT2D eigenvalue weighted by atomic mass is 16.5. The lowest BCUT2D eigenvalue weighted by Gasteiger charge is -2.47. The van der Waals surface area contributed by atoms with E-state index in [2.05, 4.69) is 10.3 Å². The molecule has 1 amide bonds. The van der Waals surface area contributed by atoms with Crippen LogP contribution in [-0.4, -0.2) is 50.5 Å². The fourth-order valence-electron chi connectivity index (χ4n) is 3.39. The maximum absolute atomic E-state index is 12.5. The Labute approximate surface area is 123 Å². The molecule has 3 rings (SSSR count). The first-order valence-electron chi connectivity index (χ1n) is 7.16. The van der Waals surface area contributed by atoms with Crippen molar-refractivity contribution in [2.24, 2.45) is 11.8 Å². The Morgan fingerprint density at radius 2 is 2.38 bits per heavy atom. The quantitative estimate of drug-likeness (QED) is 0.872. The summed E-state index contributed by atoms with van der Waals surface area (Å²) >= 11 is 0. The largest absolute Gasteiger partial charge is 0.480 e. The van der Waals surface area contributed by atoms with Crippen LogP contribution < -0.4 is 10.1 Å². The van der Waals surface area contributed by atoms with E-state index >= 15 is 0 Å². The third kappa shape index (κ3) is 2.49. The van der Waals surface area contributed by atoms with Gasteiger partial charge in [-0.3, -0.25) is 4.79 Å². The number of aromatic nitrogens is 1. The molecule has 1 N–H and O–H groups in total. The Bertz CT molecular complexity index is 522. The number of hydrogen-bond acceptors (Lipinski definition) is 5. The minimum absolute atomic E-state index is 0.0925. The second-order valence-electron chi connectivity index (χ2n) is 5.47. The molecule has 2 aliphatic rings. The summed E-state index contributed by atoms with van der Waals surface area (Å²) in [5.41, 5.74) is 0.457.